The number of carbonyl (C=O) groups is 2. The minimum atomic E-state index is -0.670. The summed E-state index contributed by atoms with van der Waals surface area (Å²) in [5.74, 6) is -0.0792. The van der Waals surface area contributed by atoms with Gasteiger partial charge in [-0.05, 0) is 77.0 Å². The first-order valence-corrected chi connectivity index (χ1v) is 34.4. The molecular weight excluding hydrogens is 947 g/mol. The summed E-state index contributed by atoms with van der Waals surface area (Å²) in [6.07, 6.45) is 85.8. The predicted molar refractivity (Wildman–Crippen MR) is 338 cm³/mol. The highest BCUT2D eigenvalue weighted by molar-refractivity contribution is 5.76. The fraction of sp³-hybridized carbons (Fsp3) is 0.859. The fourth-order valence-corrected chi connectivity index (χ4v) is 10.6. The molecule has 2 unspecified atom stereocenters. The number of aliphatic hydroxyl groups excluding tert-OH is 2. The Labute approximate surface area is 480 Å². The van der Waals surface area contributed by atoms with Gasteiger partial charge in [-0.1, -0.05) is 326 Å². The molecule has 0 aliphatic heterocycles. The van der Waals surface area contributed by atoms with E-state index in [0.717, 1.165) is 57.8 Å². The number of ether oxygens (including phenoxy) is 1. The largest absolute Gasteiger partial charge is 0.465 e. The number of rotatable bonds is 64. The minimum absolute atomic E-state index is 0.0366. The van der Waals surface area contributed by atoms with Crippen LogP contribution in [0.1, 0.15) is 367 Å². The van der Waals surface area contributed by atoms with Gasteiger partial charge in [0, 0.05) is 12.8 Å². The third-order valence-corrected chi connectivity index (χ3v) is 15.9. The van der Waals surface area contributed by atoms with Crippen molar-refractivity contribution in [2.24, 2.45) is 0 Å². The Kier molecular flexibility index (Phi) is 64.5. The monoisotopic (exact) mass is 1080 g/mol. The van der Waals surface area contributed by atoms with Crippen LogP contribution in [0.3, 0.4) is 0 Å². The van der Waals surface area contributed by atoms with E-state index in [1.54, 1.807) is 0 Å². The lowest BCUT2D eigenvalue weighted by molar-refractivity contribution is -0.143. The molecule has 0 saturated carbocycles. The van der Waals surface area contributed by atoms with Gasteiger partial charge in [-0.3, -0.25) is 9.59 Å². The second kappa shape index (κ2) is 66.3. The topological polar surface area (TPSA) is 95.9 Å². The SMILES string of the molecule is CCCCC/C=C\C/C=C\CCCCCCCCCC(=O)OCC/C=C\C/C=C\CCCCCCCCCCCCCCCCC(=O)NC(CO)C(O)CCCCCCCCCCCCCCCCCCCCCCCC. The molecule has 0 aromatic heterocycles. The summed E-state index contributed by atoms with van der Waals surface area (Å²) in [6, 6.07) is -0.548. The van der Waals surface area contributed by atoms with E-state index in [0.29, 0.717) is 25.9 Å². The summed E-state index contributed by atoms with van der Waals surface area (Å²) < 4.78 is 5.43. The third kappa shape index (κ3) is 62.9. The summed E-state index contributed by atoms with van der Waals surface area (Å²) in [5.41, 5.74) is 0. The predicted octanol–water partition coefficient (Wildman–Crippen LogP) is 22.1. The van der Waals surface area contributed by atoms with Gasteiger partial charge >= 0.3 is 5.97 Å². The highest BCUT2D eigenvalue weighted by Crippen LogP contribution is 2.18. The quantitative estimate of drug-likeness (QED) is 0.0320. The van der Waals surface area contributed by atoms with Crippen LogP contribution in [-0.2, 0) is 14.3 Å². The zero-order valence-corrected chi connectivity index (χ0v) is 51.7. The molecule has 3 N–H and O–H groups in total. The van der Waals surface area contributed by atoms with Gasteiger partial charge in [-0.2, -0.15) is 0 Å². The average molecular weight is 1080 g/mol. The van der Waals surface area contributed by atoms with E-state index in [1.807, 2.05) is 0 Å². The second-order valence-electron chi connectivity index (χ2n) is 23.5. The molecule has 6 heteroatoms. The summed E-state index contributed by atoms with van der Waals surface area (Å²) >= 11 is 0. The van der Waals surface area contributed by atoms with Crippen LogP contribution in [0.15, 0.2) is 48.6 Å². The molecule has 0 aliphatic carbocycles. The maximum atomic E-state index is 12.5. The lowest BCUT2D eigenvalue weighted by Gasteiger charge is -2.22. The molecule has 1 amide bonds. The minimum Gasteiger partial charge on any atom is -0.465 e. The number of carbonyl (C=O) groups excluding carboxylic acids is 2. The molecular formula is C71H133NO5. The number of aliphatic hydroxyl groups is 2. The molecule has 0 aromatic carbocycles. The number of nitrogens with one attached hydrogen (secondary N) is 1. The van der Waals surface area contributed by atoms with E-state index in [-0.39, 0.29) is 18.5 Å². The van der Waals surface area contributed by atoms with Gasteiger partial charge < -0.3 is 20.3 Å². The Morgan fingerprint density at radius 1 is 0.364 bits per heavy atom. The van der Waals surface area contributed by atoms with Gasteiger partial charge in [-0.15, -0.1) is 0 Å². The zero-order chi connectivity index (χ0) is 55.7. The molecule has 0 heterocycles. The normalized spacial score (nSPS) is 12.8. The van der Waals surface area contributed by atoms with Gasteiger partial charge in [0.25, 0.3) is 0 Å². The van der Waals surface area contributed by atoms with Gasteiger partial charge in [0.15, 0.2) is 0 Å². The van der Waals surface area contributed by atoms with Crippen molar-refractivity contribution < 1.29 is 24.5 Å². The lowest BCUT2D eigenvalue weighted by atomic mass is 10.0. The Balaban J connectivity index is 3.45. The van der Waals surface area contributed by atoms with E-state index in [9.17, 15) is 19.8 Å². The number of hydrogen-bond donors (Lipinski definition) is 3. The van der Waals surface area contributed by atoms with Crippen LogP contribution in [0.2, 0.25) is 0 Å². The van der Waals surface area contributed by atoms with E-state index in [4.69, 9.17) is 4.74 Å². The molecule has 0 bridgehead atoms. The van der Waals surface area contributed by atoms with Crippen molar-refractivity contribution in [2.45, 2.75) is 379 Å². The maximum Gasteiger partial charge on any atom is 0.305 e. The van der Waals surface area contributed by atoms with Crippen LogP contribution in [0.4, 0.5) is 0 Å². The number of unbranched alkanes of at least 4 members (excludes halogenated alkanes) is 45. The fourth-order valence-electron chi connectivity index (χ4n) is 10.6. The molecule has 0 radical (unpaired) electrons. The third-order valence-electron chi connectivity index (χ3n) is 15.9. The molecule has 452 valence electrons. The first-order chi connectivity index (χ1) is 38.0. The van der Waals surface area contributed by atoms with Gasteiger partial charge in [-0.25, -0.2) is 0 Å². The van der Waals surface area contributed by atoms with Crippen molar-refractivity contribution in [1.82, 2.24) is 5.32 Å². The zero-order valence-electron chi connectivity index (χ0n) is 51.7. The average Bonchev–Trinajstić information content (AvgIpc) is 3.43. The number of esters is 1. The summed E-state index contributed by atoms with van der Waals surface area (Å²) in [6.45, 7) is 4.84. The van der Waals surface area contributed by atoms with Crippen molar-refractivity contribution in [3.05, 3.63) is 48.6 Å². The van der Waals surface area contributed by atoms with Crippen LogP contribution >= 0.6 is 0 Å². The van der Waals surface area contributed by atoms with Crippen LogP contribution < -0.4 is 5.32 Å². The number of hydrogen-bond acceptors (Lipinski definition) is 5. The molecule has 0 aromatic rings. The van der Waals surface area contributed by atoms with Crippen molar-refractivity contribution in [1.29, 1.82) is 0 Å². The molecule has 0 aliphatic rings. The highest BCUT2D eigenvalue weighted by atomic mass is 16.5. The molecule has 0 fully saturated rings. The summed E-state index contributed by atoms with van der Waals surface area (Å²) in [7, 11) is 0. The number of amides is 1. The highest BCUT2D eigenvalue weighted by Gasteiger charge is 2.20. The molecule has 6 nitrogen and oxygen atoms in total. The van der Waals surface area contributed by atoms with Crippen LogP contribution in [0, 0.1) is 0 Å². The Hall–Kier alpha value is -2.18. The smallest absolute Gasteiger partial charge is 0.305 e. The van der Waals surface area contributed by atoms with Gasteiger partial charge in [0.05, 0.1) is 25.4 Å². The number of allylic oxidation sites excluding steroid dienone is 7. The first-order valence-electron chi connectivity index (χ1n) is 34.4. The van der Waals surface area contributed by atoms with E-state index in [1.165, 1.54) is 276 Å². The van der Waals surface area contributed by atoms with Crippen LogP contribution in [-0.4, -0.2) is 47.4 Å². The Morgan fingerprint density at radius 2 is 0.649 bits per heavy atom. The molecule has 0 spiro atoms. The first kappa shape index (κ1) is 74.8. The van der Waals surface area contributed by atoms with Crippen molar-refractivity contribution in [3.8, 4) is 0 Å². The maximum absolute atomic E-state index is 12.5. The van der Waals surface area contributed by atoms with E-state index in [2.05, 4.69) is 67.8 Å². The van der Waals surface area contributed by atoms with Crippen LogP contribution in [0.5, 0.6) is 0 Å². The van der Waals surface area contributed by atoms with Crippen molar-refractivity contribution >= 4 is 11.9 Å². The van der Waals surface area contributed by atoms with E-state index >= 15 is 0 Å². The molecule has 0 saturated heterocycles. The van der Waals surface area contributed by atoms with Crippen LogP contribution in [0.25, 0.3) is 0 Å². The summed E-state index contributed by atoms with van der Waals surface area (Å²) in [4.78, 5) is 24.6. The van der Waals surface area contributed by atoms with E-state index < -0.39 is 12.1 Å². The van der Waals surface area contributed by atoms with Crippen molar-refractivity contribution in [3.63, 3.8) is 0 Å². The standard InChI is InChI=1S/C71H133NO5/c1-3-5-7-9-11-13-15-17-19-21-22-23-25-28-32-35-39-43-47-51-55-59-63-69(74)68(67-73)72-70(75)64-60-56-52-48-44-40-36-33-29-26-24-27-30-34-38-42-46-50-54-58-62-66-77-71(76)65-61-57-53-49-45-41-37-31-20-18-16-14-12-10-8-6-4-2/h12,14,18,20,42,46,54,58,68-69,73-74H,3-11,13,15-17,19,21-41,43-45,47-53,55-57,59-67H2,1-2H3,(H,72,75)/b14-12-,20-18-,46-42-,58-54-. The van der Waals surface area contributed by atoms with Gasteiger partial charge in [0.2, 0.25) is 5.91 Å². The Bertz CT molecular complexity index is 1290. The molecule has 2 atom stereocenters. The second-order valence-corrected chi connectivity index (χ2v) is 23.5. The molecule has 0 rings (SSSR count). The molecule has 77 heavy (non-hydrogen) atoms. The lowest BCUT2D eigenvalue weighted by Crippen LogP contribution is -2.45. The van der Waals surface area contributed by atoms with Crippen molar-refractivity contribution in [2.75, 3.05) is 13.2 Å². The Morgan fingerprint density at radius 3 is 1.01 bits per heavy atom. The van der Waals surface area contributed by atoms with Gasteiger partial charge in [0.1, 0.15) is 0 Å². The summed E-state index contributed by atoms with van der Waals surface area (Å²) in [5, 5.41) is 23.4.